The highest BCUT2D eigenvalue weighted by molar-refractivity contribution is 5.77. The van der Waals surface area contributed by atoms with Crippen LogP contribution in [0.2, 0.25) is 0 Å². The van der Waals surface area contributed by atoms with Crippen molar-refractivity contribution in [1.29, 1.82) is 0 Å². The first-order valence-electron chi connectivity index (χ1n) is 4.33. The van der Waals surface area contributed by atoms with Crippen molar-refractivity contribution in [3.05, 3.63) is 0 Å². The summed E-state index contributed by atoms with van der Waals surface area (Å²) in [6.07, 6.45) is 1.38. The molecule has 0 saturated heterocycles. The van der Waals surface area contributed by atoms with E-state index in [-0.39, 0.29) is 0 Å². The Hall–Kier alpha value is -0.330. The van der Waals surface area contributed by atoms with Crippen LogP contribution in [0, 0.1) is 0 Å². The van der Waals surface area contributed by atoms with Crippen LogP contribution >= 0.6 is 0 Å². The number of hydrogen-bond acceptors (Lipinski definition) is 1. The summed E-state index contributed by atoms with van der Waals surface area (Å²) in [5.74, 6) is 0.343. The molecule has 0 aliphatic rings. The summed E-state index contributed by atoms with van der Waals surface area (Å²) in [6.45, 7) is 11.8. The van der Waals surface area contributed by atoms with Crippen LogP contribution in [0.4, 0.5) is 0 Å². The molecule has 0 bridgehead atoms. The minimum absolute atomic E-state index is 0.343. The Morgan fingerprint density at radius 2 is 1.10 bits per heavy atom. The summed E-state index contributed by atoms with van der Waals surface area (Å²) < 4.78 is 0. The Balaban J connectivity index is -0.000000105. The van der Waals surface area contributed by atoms with Crippen molar-refractivity contribution >= 4 is 5.78 Å². The van der Waals surface area contributed by atoms with Crippen molar-refractivity contribution in [3.63, 3.8) is 0 Å². The molecule has 0 aliphatic carbocycles. The molecule has 0 fully saturated rings. The van der Waals surface area contributed by atoms with Gasteiger partial charge in [0.2, 0.25) is 0 Å². The SMILES string of the molecule is CC.CC.CCC(=O)CC. The highest BCUT2D eigenvalue weighted by Crippen LogP contribution is 1.82. The Morgan fingerprint density at radius 1 is 0.900 bits per heavy atom. The van der Waals surface area contributed by atoms with Crippen molar-refractivity contribution in [3.8, 4) is 0 Å². The van der Waals surface area contributed by atoms with E-state index >= 15 is 0 Å². The van der Waals surface area contributed by atoms with Crippen molar-refractivity contribution < 1.29 is 4.79 Å². The van der Waals surface area contributed by atoms with Crippen molar-refractivity contribution in [2.45, 2.75) is 54.4 Å². The lowest BCUT2D eigenvalue weighted by Gasteiger charge is -1.81. The molecule has 0 N–H and O–H groups in total. The maximum Gasteiger partial charge on any atom is 0.132 e. The molecule has 1 heteroatoms. The predicted molar refractivity (Wildman–Crippen MR) is 48.3 cm³/mol. The van der Waals surface area contributed by atoms with E-state index in [1.807, 2.05) is 41.5 Å². The fourth-order valence-electron chi connectivity index (χ4n) is 0.250. The Kier molecular flexibility index (Phi) is 38.2. The molecule has 0 rings (SSSR count). The normalized spacial score (nSPS) is 6.20. The van der Waals surface area contributed by atoms with Gasteiger partial charge in [-0.05, 0) is 0 Å². The molecule has 0 saturated carbocycles. The molecule has 1 nitrogen and oxygen atoms in total. The lowest BCUT2D eigenvalue weighted by atomic mass is 10.3. The molecule has 0 amide bonds. The molecule has 0 aromatic rings. The summed E-state index contributed by atoms with van der Waals surface area (Å²) in [7, 11) is 0. The summed E-state index contributed by atoms with van der Waals surface area (Å²) in [5, 5.41) is 0. The zero-order valence-corrected chi connectivity index (χ0v) is 8.32. The zero-order chi connectivity index (χ0) is 8.99. The van der Waals surface area contributed by atoms with Gasteiger partial charge < -0.3 is 0 Å². The first kappa shape index (κ1) is 16.3. The third-order valence-corrected chi connectivity index (χ3v) is 0.789. The van der Waals surface area contributed by atoms with Crippen LogP contribution in [-0.4, -0.2) is 5.78 Å². The van der Waals surface area contributed by atoms with Gasteiger partial charge in [-0.3, -0.25) is 4.79 Å². The molecule has 0 heterocycles. The standard InChI is InChI=1S/C5H10O.2C2H6/c1-3-5(6)4-2;2*1-2/h3-4H2,1-2H3;2*1-2H3. The van der Waals surface area contributed by atoms with Crippen LogP contribution in [0.3, 0.4) is 0 Å². The Bertz CT molecular complexity index is 42.7. The van der Waals surface area contributed by atoms with E-state index in [4.69, 9.17) is 0 Å². The van der Waals surface area contributed by atoms with Gasteiger partial charge in [0, 0.05) is 12.8 Å². The van der Waals surface area contributed by atoms with E-state index in [2.05, 4.69) is 0 Å². The van der Waals surface area contributed by atoms with E-state index in [0.29, 0.717) is 18.6 Å². The van der Waals surface area contributed by atoms with Gasteiger partial charge in [-0.25, -0.2) is 0 Å². The minimum atomic E-state index is 0.343. The summed E-state index contributed by atoms with van der Waals surface area (Å²) >= 11 is 0. The molecule has 10 heavy (non-hydrogen) atoms. The molecule has 64 valence electrons. The molecule has 0 aliphatic heterocycles. The molecular weight excluding hydrogens is 124 g/mol. The predicted octanol–water partition coefficient (Wildman–Crippen LogP) is 3.43. The first-order valence-corrected chi connectivity index (χ1v) is 4.33. The van der Waals surface area contributed by atoms with Gasteiger partial charge in [0.05, 0.1) is 0 Å². The van der Waals surface area contributed by atoms with Gasteiger partial charge in [0.15, 0.2) is 0 Å². The molecule has 0 atom stereocenters. The van der Waals surface area contributed by atoms with E-state index in [1.54, 1.807) is 0 Å². The maximum absolute atomic E-state index is 10.2. The molecule has 0 spiro atoms. The largest absolute Gasteiger partial charge is 0.300 e. The number of Topliss-reactive ketones (excluding diaryl/α,β-unsaturated/α-hetero) is 1. The van der Waals surface area contributed by atoms with E-state index in [9.17, 15) is 4.79 Å². The molecule has 0 aromatic heterocycles. The summed E-state index contributed by atoms with van der Waals surface area (Å²) in [5.41, 5.74) is 0. The third kappa shape index (κ3) is 25.3. The second-order valence-corrected chi connectivity index (χ2v) is 1.25. The second kappa shape index (κ2) is 23.4. The van der Waals surface area contributed by atoms with E-state index in [1.165, 1.54) is 0 Å². The van der Waals surface area contributed by atoms with Crippen LogP contribution in [0.5, 0.6) is 0 Å². The van der Waals surface area contributed by atoms with Crippen LogP contribution < -0.4 is 0 Å². The topological polar surface area (TPSA) is 17.1 Å². The van der Waals surface area contributed by atoms with Crippen molar-refractivity contribution in [2.24, 2.45) is 0 Å². The fourth-order valence-corrected chi connectivity index (χ4v) is 0.250. The highest BCUT2D eigenvalue weighted by atomic mass is 16.1. The summed E-state index contributed by atoms with van der Waals surface area (Å²) in [4.78, 5) is 10.2. The van der Waals surface area contributed by atoms with Gasteiger partial charge in [-0.2, -0.15) is 0 Å². The number of carbonyl (C=O) groups excluding carboxylic acids is 1. The van der Waals surface area contributed by atoms with Crippen molar-refractivity contribution in [2.75, 3.05) is 0 Å². The van der Waals surface area contributed by atoms with Crippen LogP contribution in [-0.2, 0) is 4.79 Å². The minimum Gasteiger partial charge on any atom is -0.300 e. The third-order valence-electron chi connectivity index (χ3n) is 0.789. The first-order chi connectivity index (χ1) is 4.81. The number of rotatable bonds is 2. The summed E-state index contributed by atoms with van der Waals surface area (Å²) in [6, 6.07) is 0. The van der Waals surface area contributed by atoms with Crippen LogP contribution in [0.1, 0.15) is 54.4 Å². The van der Waals surface area contributed by atoms with Gasteiger partial charge >= 0.3 is 0 Å². The lowest BCUT2D eigenvalue weighted by molar-refractivity contribution is -0.118. The smallest absolute Gasteiger partial charge is 0.132 e. The average molecular weight is 146 g/mol. The van der Waals surface area contributed by atoms with Gasteiger partial charge in [0.1, 0.15) is 5.78 Å². The average Bonchev–Trinajstić information content (AvgIpc) is 2.10. The monoisotopic (exact) mass is 146 g/mol. The number of ketones is 1. The molecular formula is C9H22O. The zero-order valence-electron chi connectivity index (χ0n) is 8.32. The number of carbonyl (C=O) groups is 1. The molecule has 0 unspecified atom stereocenters. The molecule has 0 radical (unpaired) electrons. The van der Waals surface area contributed by atoms with Crippen LogP contribution in [0.25, 0.3) is 0 Å². The van der Waals surface area contributed by atoms with Gasteiger partial charge in [-0.15, -0.1) is 0 Å². The quantitative estimate of drug-likeness (QED) is 0.583. The van der Waals surface area contributed by atoms with Crippen molar-refractivity contribution in [1.82, 2.24) is 0 Å². The fraction of sp³-hybridized carbons (Fsp3) is 0.889. The van der Waals surface area contributed by atoms with Crippen LogP contribution in [0.15, 0.2) is 0 Å². The maximum atomic E-state index is 10.2. The Morgan fingerprint density at radius 3 is 1.10 bits per heavy atom. The van der Waals surface area contributed by atoms with Gasteiger partial charge in [-0.1, -0.05) is 41.5 Å². The Labute approximate surface area is 65.8 Å². The van der Waals surface area contributed by atoms with E-state index < -0.39 is 0 Å². The number of hydrogen-bond donors (Lipinski definition) is 0. The highest BCUT2D eigenvalue weighted by Gasteiger charge is 1.86. The lowest BCUT2D eigenvalue weighted by Crippen LogP contribution is -1.88. The second-order valence-electron chi connectivity index (χ2n) is 1.25. The van der Waals surface area contributed by atoms with Gasteiger partial charge in [0.25, 0.3) is 0 Å². The molecule has 0 aromatic carbocycles. The van der Waals surface area contributed by atoms with E-state index in [0.717, 1.165) is 0 Å².